The first kappa shape index (κ1) is 10.2. The first-order valence-electron chi connectivity index (χ1n) is 5.10. The summed E-state index contributed by atoms with van der Waals surface area (Å²) in [7, 11) is 1.68. The largest absolute Gasteiger partial charge is 0.470 e. The Morgan fingerprint density at radius 3 is 3.07 bits per heavy atom. The lowest BCUT2D eigenvalue weighted by Gasteiger charge is -2.11. The van der Waals surface area contributed by atoms with E-state index in [2.05, 4.69) is 4.98 Å². The van der Waals surface area contributed by atoms with Crippen LogP contribution in [0.25, 0.3) is 0 Å². The average Bonchev–Trinajstić information content (AvgIpc) is 2.59. The van der Waals surface area contributed by atoms with Crippen LogP contribution in [-0.4, -0.2) is 21.7 Å². The Balaban J connectivity index is 2.11. The van der Waals surface area contributed by atoms with Crippen LogP contribution in [0.3, 0.4) is 0 Å². The smallest absolute Gasteiger partial charge is 0.313 e. The molecule has 1 aromatic rings. The molecule has 0 spiro atoms. The Kier molecular flexibility index (Phi) is 2.73. The van der Waals surface area contributed by atoms with Gasteiger partial charge in [-0.1, -0.05) is 0 Å². The van der Waals surface area contributed by atoms with Gasteiger partial charge in [-0.3, -0.25) is 4.79 Å². The minimum atomic E-state index is -0.196. The van der Waals surface area contributed by atoms with Crippen molar-refractivity contribution in [3.05, 3.63) is 22.7 Å². The number of rotatable bonds is 2. The van der Waals surface area contributed by atoms with Crippen molar-refractivity contribution >= 4 is 0 Å². The molecule has 0 amide bonds. The highest BCUT2D eigenvalue weighted by atomic mass is 16.5. The van der Waals surface area contributed by atoms with Gasteiger partial charge in [-0.15, -0.1) is 0 Å². The van der Waals surface area contributed by atoms with Gasteiger partial charge in [0, 0.05) is 25.5 Å². The molecule has 5 heteroatoms. The van der Waals surface area contributed by atoms with E-state index in [1.807, 2.05) is 0 Å². The maximum absolute atomic E-state index is 11.6. The van der Waals surface area contributed by atoms with Gasteiger partial charge in [-0.2, -0.15) is 0 Å². The average molecular weight is 209 g/mol. The highest BCUT2D eigenvalue weighted by molar-refractivity contribution is 5.05. The fourth-order valence-electron chi connectivity index (χ4n) is 1.79. The summed E-state index contributed by atoms with van der Waals surface area (Å²) < 4.78 is 6.99. The number of nitrogens with two attached hydrogens (primary N) is 1. The lowest BCUT2D eigenvalue weighted by Crippen LogP contribution is -2.25. The molecule has 0 saturated heterocycles. The second-order valence-corrected chi connectivity index (χ2v) is 3.96. The van der Waals surface area contributed by atoms with Crippen LogP contribution in [0.2, 0.25) is 0 Å². The van der Waals surface area contributed by atoms with Crippen LogP contribution >= 0.6 is 0 Å². The molecule has 0 aromatic carbocycles. The number of hydrogen-bond acceptors (Lipinski definition) is 4. The van der Waals surface area contributed by atoms with E-state index in [-0.39, 0.29) is 23.6 Å². The van der Waals surface area contributed by atoms with E-state index in [1.165, 1.54) is 4.57 Å². The second-order valence-electron chi connectivity index (χ2n) is 3.96. The summed E-state index contributed by atoms with van der Waals surface area (Å²) in [6.07, 6.45) is 5.88. The molecule has 1 saturated carbocycles. The molecule has 1 aromatic heterocycles. The number of nitrogens with zero attached hydrogens (tertiary/aromatic N) is 2. The zero-order chi connectivity index (χ0) is 10.8. The first-order valence-corrected chi connectivity index (χ1v) is 5.10. The lowest BCUT2D eigenvalue weighted by atomic mass is 10.3. The van der Waals surface area contributed by atoms with Crippen LogP contribution in [-0.2, 0) is 7.05 Å². The topological polar surface area (TPSA) is 70.1 Å². The number of aryl methyl sites for hydroxylation is 1. The highest BCUT2D eigenvalue weighted by Gasteiger charge is 2.24. The minimum Gasteiger partial charge on any atom is -0.470 e. The molecule has 15 heavy (non-hydrogen) atoms. The molecule has 1 heterocycles. The molecular formula is C10H15N3O2. The van der Waals surface area contributed by atoms with Crippen molar-refractivity contribution in [1.29, 1.82) is 0 Å². The van der Waals surface area contributed by atoms with Crippen molar-refractivity contribution in [2.45, 2.75) is 31.4 Å². The van der Waals surface area contributed by atoms with Crippen LogP contribution in [0.5, 0.6) is 5.88 Å². The normalized spacial score (nSPS) is 25.5. The number of hydrogen-bond donors (Lipinski definition) is 1. The molecule has 2 N–H and O–H groups in total. The summed E-state index contributed by atoms with van der Waals surface area (Å²) in [6.45, 7) is 0. The third kappa shape index (κ3) is 2.18. The van der Waals surface area contributed by atoms with Crippen LogP contribution in [0.1, 0.15) is 19.3 Å². The summed E-state index contributed by atoms with van der Waals surface area (Å²) in [6, 6.07) is 0.197. The quantitative estimate of drug-likeness (QED) is 0.746. The van der Waals surface area contributed by atoms with Crippen molar-refractivity contribution in [2.75, 3.05) is 0 Å². The van der Waals surface area contributed by atoms with E-state index in [1.54, 1.807) is 19.4 Å². The van der Waals surface area contributed by atoms with E-state index in [0.717, 1.165) is 19.3 Å². The molecule has 1 aliphatic carbocycles. The van der Waals surface area contributed by atoms with Crippen molar-refractivity contribution < 1.29 is 4.74 Å². The zero-order valence-electron chi connectivity index (χ0n) is 8.72. The van der Waals surface area contributed by atoms with Gasteiger partial charge < -0.3 is 15.0 Å². The van der Waals surface area contributed by atoms with Gasteiger partial charge >= 0.3 is 5.56 Å². The standard InChI is InChI=1S/C10H15N3O2/c1-13-5-4-12-9(10(13)14)15-8-3-2-7(11)6-8/h4-5,7-8H,2-3,6,11H2,1H3. The summed E-state index contributed by atoms with van der Waals surface area (Å²) in [5, 5.41) is 0. The van der Waals surface area contributed by atoms with Crippen LogP contribution in [0.4, 0.5) is 0 Å². The minimum absolute atomic E-state index is 0.0441. The first-order chi connectivity index (χ1) is 7.16. The fraction of sp³-hybridized carbons (Fsp3) is 0.600. The van der Waals surface area contributed by atoms with Crippen molar-refractivity contribution in [1.82, 2.24) is 9.55 Å². The number of aromatic nitrogens is 2. The van der Waals surface area contributed by atoms with Gasteiger partial charge in [0.2, 0.25) is 0 Å². The van der Waals surface area contributed by atoms with E-state index in [9.17, 15) is 4.79 Å². The Morgan fingerprint density at radius 1 is 1.60 bits per heavy atom. The number of ether oxygens (including phenoxy) is 1. The molecule has 0 radical (unpaired) electrons. The fourth-order valence-corrected chi connectivity index (χ4v) is 1.79. The summed E-state index contributed by atoms with van der Waals surface area (Å²) in [4.78, 5) is 15.5. The highest BCUT2D eigenvalue weighted by Crippen LogP contribution is 2.20. The molecule has 0 aliphatic heterocycles. The van der Waals surface area contributed by atoms with E-state index >= 15 is 0 Å². The van der Waals surface area contributed by atoms with Gasteiger partial charge in [-0.05, 0) is 19.3 Å². The monoisotopic (exact) mass is 209 g/mol. The van der Waals surface area contributed by atoms with E-state index in [4.69, 9.17) is 10.5 Å². The zero-order valence-corrected chi connectivity index (χ0v) is 8.72. The lowest BCUT2D eigenvalue weighted by molar-refractivity contribution is 0.195. The van der Waals surface area contributed by atoms with Gasteiger partial charge in [0.15, 0.2) is 0 Å². The molecule has 1 fully saturated rings. The molecule has 2 atom stereocenters. The Bertz CT molecular complexity index is 402. The predicted octanol–water partition coefficient (Wildman–Crippen LogP) is 0.0389. The maximum atomic E-state index is 11.6. The predicted molar refractivity (Wildman–Crippen MR) is 55.7 cm³/mol. The molecule has 82 valence electrons. The summed E-state index contributed by atoms with van der Waals surface area (Å²) >= 11 is 0. The van der Waals surface area contributed by atoms with Crippen LogP contribution in [0.15, 0.2) is 17.2 Å². The van der Waals surface area contributed by atoms with E-state index in [0.29, 0.717) is 0 Å². The van der Waals surface area contributed by atoms with Gasteiger partial charge in [0.05, 0.1) is 0 Å². The summed E-state index contributed by atoms with van der Waals surface area (Å²) in [5.41, 5.74) is 5.57. The third-order valence-electron chi connectivity index (χ3n) is 2.69. The molecule has 0 bridgehead atoms. The molecule has 2 rings (SSSR count). The SMILES string of the molecule is Cn1ccnc(OC2CCC(N)C2)c1=O. The van der Waals surface area contributed by atoms with Crippen molar-refractivity contribution in [2.24, 2.45) is 12.8 Å². The van der Waals surface area contributed by atoms with Gasteiger partial charge in [0.1, 0.15) is 6.10 Å². The van der Waals surface area contributed by atoms with Crippen molar-refractivity contribution in [3.8, 4) is 5.88 Å². The Hall–Kier alpha value is -1.36. The Labute approximate surface area is 87.9 Å². The second kappa shape index (κ2) is 4.02. The van der Waals surface area contributed by atoms with Crippen LogP contribution in [0, 0.1) is 0 Å². The van der Waals surface area contributed by atoms with Gasteiger partial charge in [-0.25, -0.2) is 4.98 Å². The molecular weight excluding hydrogens is 194 g/mol. The molecule has 1 aliphatic rings. The third-order valence-corrected chi connectivity index (χ3v) is 2.69. The van der Waals surface area contributed by atoms with Crippen molar-refractivity contribution in [3.63, 3.8) is 0 Å². The summed E-state index contributed by atoms with van der Waals surface area (Å²) in [5.74, 6) is 0.180. The van der Waals surface area contributed by atoms with Gasteiger partial charge in [0.25, 0.3) is 5.88 Å². The Morgan fingerprint density at radius 2 is 2.40 bits per heavy atom. The maximum Gasteiger partial charge on any atom is 0.313 e. The molecule has 5 nitrogen and oxygen atoms in total. The van der Waals surface area contributed by atoms with E-state index < -0.39 is 0 Å². The molecule has 2 unspecified atom stereocenters. The van der Waals surface area contributed by atoms with Crippen LogP contribution < -0.4 is 16.0 Å².